The number of unbranched alkanes of at least 4 members (excludes halogenated alkanes) is 1. The number of hydrogen-bond acceptors (Lipinski definition) is 4. The van der Waals surface area contributed by atoms with E-state index in [0.717, 1.165) is 65.7 Å². The number of carboxylic acids is 1. The molecule has 3 rings (SSSR count). The zero-order valence-electron chi connectivity index (χ0n) is 20.6. The number of aryl methyl sites for hydroxylation is 2. The number of carbonyl (C=O) groups is 2. The first-order valence-corrected chi connectivity index (χ1v) is 13.6. The highest BCUT2D eigenvalue weighted by atomic mass is 79.9. The molecule has 1 atom stereocenters. The molecule has 2 aromatic carbocycles. The molecular weight excluding hydrogens is 526 g/mol. The van der Waals surface area contributed by atoms with Crippen LogP contribution in [0.5, 0.6) is 0 Å². The van der Waals surface area contributed by atoms with E-state index in [-0.39, 0.29) is 17.4 Å². The van der Waals surface area contributed by atoms with Gasteiger partial charge < -0.3 is 15.0 Å². The minimum atomic E-state index is -0.958. The van der Waals surface area contributed by atoms with E-state index in [9.17, 15) is 14.7 Å². The van der Waals surface area contributed by atoms with E-state index in [1.54, 1.807) is 6.07 Å². The van der Waals surface area contributed by atoms with Gasteiger partial charge in [0.1, 0.15) is 5.82 Å². The average Bonchev–Trinajstić information content (AvgIpc) is 3.16. The lowest BCUT2D eigenvalue weighted by atomic mass is 10.0. The molecule has 1 aromatic heterocycles. The fraction of sp³-hybridized carbons (Fsp3) is 0.444. The second-order valence-electron chi connectivity index (χ2n) is 9.00. The van der Waals surface area contributed by atoms with E-state index in [0.29, 0.717) is 23.3 Å². The predicted octanol–water partition coefficient (Wildman–Crippen LogP) is 6.16. The van der Waals surface area contributed by atoms with Gasteiger partial charge in [0.2, 0.25) is 5.91 Å². The number of amides is 1. The molecule has 0 aliphatic heterocycles. The topological polar surface area (TPSA) is 84.2 Å². The molecular formula is C27H34BrN3O3S. The van der Waals surface area contributed by atoms with Crippen molar-refractivity contribution in [3.05, 3.63) is 62.9 Å². The van der Waals surface area contributed by atoms with Gasteiger partial charge in [0.15, 0.2) is 0 Å². The molecule has 0 saturated heterocycles. The molecule has 6 nitrogen and oxygen atoms in total. The Morgan fingerprint density at radius 1 is 1.17 bits per heavy atom. The predicted molar refractivity (Wildman–Crippen MR) is 147 cm³/mol. The smallest absolute Gasteiger partial charge is 0.336 e. The van der Waals surface area contributed by atoms with Crippen molar-refractivity contribution in [2.75, 3.05) is 5.75 Å². The molecule has 3 aromatic rings. The summed E-state index contributed by atoms with van der Waals surface area (Å²) in [6.45, 7) is 7.35. The molecule has 0 saturated carbocycles. The van der Waals surface area contributed by atoms with E-state index in [4.69, 9.17) is 4.98 Å². The molecule has 0 bridgehead atoms. The molecule has 2 N–H and O–H groups in total. The van der Waals surface area contributed by atoms with E-state index >= 15 is 0 Å². The summed E-state index contributed by atoms with van der Waals surface area (Å²) < 4.78 is 2.77. The Bertz CT molecular complexity index is 1210. The monoisotopic (exact) mass is 559 g/mol. The van der Waals surface area contributed by atoms with Crippen molar-refractivity contribution in [1.29, 1.82) is 0 Å². The van der Waals surface area contributed by atoms with Gasteiger partial charge in [-0.25, -0.2) is 9.78 Å². The van der Waals surface area contributed by atoms with Gasteiger partial charge in [0.05, 0.1) is 16.6 Å². The summed E-state index contributed by atoms with van der Waals surface area (Å²) in [6.07, 6.45) is 4.75. The number of carbonyl (C=O) groups excluding carboxylic acids is 1. The van der Waals surface area contributed by atoms with E-state index in [2.05, 4.69) is 71.3 Å². The number of carboxylic acid groups (broad SMARTS) is 1. The van der Waals surface area contributed by atoms with E-state index in [1.807, 2.05) is 12.1 Å². The minimum Gasteiger partial charge on any atom is -0.478 e. The third-order valence-corrected chi connectivity index (χ3v) is 7.32. The van der Waals surface area contributed by atoms with Crippen LogP contribution in [0.2, 0.25) is 0 Å². The number of nitrogens with zero attached hydrogens (tertiary/aromatic N) is 2. The van der Waals surface area contributed by atoms with Crippen molar-refractivity contribution < 1.29 is 14.7 Å². The van der Waals surface area contributed by atoms with Crippen LogP contribution in [0.3, 0.4) is 0 Å². The lowest BCUT2D eigenvalue weighted by molar-refractivity contribution is -0.124. The number of imidazole rings is 1. The van der Waals surface area contributed by atoms with Crippen LogP contribution in [0.1, 0.15) is 72.4 Å². The Kier molecular flexibility index (Phi) is 9.80. The number of rotatable bonds is 12. The number of halogens is 1. The molecule has 188 valence electrons. The molecule has 0 spiro atoms. The normalized spacial score (nSPS) is 12.1. The third-order valence-electron chi connectivity index (χ3n) is 6.23. The van der Waals surface area contributed by atoms with Crippen molar-refractivity contribution >= 4 is 51.5 Å². The Balaban J connectivity index is 1.91. The van der Waals surface area contributed by atoms with E-state index in [1.165, 1.54) is 0 Å². The number of aromatic carboxylic acids is 1. The molecule has 0 radical (unpaired) electrons. The van der Waals surface area contributed by atoms with Gasteiger partial charge in [-0.1, -0.05) is 38.8 Å². The van der Waals surface area contributed by atoms with Crippen molar-refractivity contribution in [2.45, 2.75) is 66.0 Å². The number of aromatic nitrogens is 2. The van der Waals surface area contributed by atoms with Crippen LogP contribution in [0.4, 0.5) is 0 Å². The first-order chi connectivity index (χ1) is 16.8. The van der Waals surface area contributed by atoms with Gasteiger partial charge in [0, 0.05) is 35.7 Å². The van der Waals surface area contributed by atoms with Crippen LogP contribution in [-0.4, -0.2) is 32.3 Å². The van der Waals surface area contributed by atoms with Crippen molar-refractivity contribution in [2.24, 2.45) is 5.92 Å². The number of thiol groups is 1. The van der Waals surface area contributed by atoms with Gasteiger partial charge in [-0.2, -0.15) is 12.6 Å². The SMILES string of the molecule is CCCCC(CS)C(=O)NCc1cc(C)c2nc(CCC)n(Cc3ccc(C(=O)O)c(Br)c3)c2c1. The summed E-state index contributed by atoms with van der Waals surface area (Å²) in [5.41, 5.74) is 5.31. The zero-order chi connectivity index (χ0) is 25.5. The number of nitrogens with one attached hydrogen (secondary N) is 1. The Morgan fingerprint density at radius 2 is 1.94 bits per heavy atom. The van der Waals surface area contributed by atoms with Crippen molar-refractivity contribution in [3.63, 3.8) is 0 Å². The van der Waals surface area contributed by atoms with Gasteiger partial charge >= 0.3 is 5.97 Å². The summed E-state index contributed by atoms with van der Waals surface area (Å²) >= 11 is 7.76. The quantitative estimate of drug-likeness (QED) is 0.232. The maximum atomic E-state index is 12.7. The number of fused-ring (bicyclic) bond motifs is 1. The number of benzene rings is 2. The fourth-order valence-electron chi connectivity index (χ4n) is 4.31. The van der Waals surface area contributed by atoms with Crippen LogP contribution in [-0.2, 0) is 24.3 Å². The fourth-order valence-corrected chi connectivity index (χ4v) is 5.25. The second kappa shape index (κ2) is 12.6. The molecule has 0 fully saturated rings. The molecule has 1 amide bonds. The van der Waals surface area contributed by atoms with Crippen LogP contribution >= 0.6 is 28.6 Å². The Morgan fingerprint density at radius 3 is 2.57 bits per heavy atom. The molecule has 0 aliphatic rings. The first kappa shape index (κ1) is 27.3. The van der Waals surface area contributed by atoms with Crippen LogP contribution in [0.15, 0.2) is 34.8 Å². The number of hydrogen-bond donors (Lipinski definition) is 3. The maximum absolute atomic E-state index is 12.7. The highest BCUT2D eigenvalue weighted by molar-refractivity contribution is 9.10. The first-order valence-electron chi connectivity index (χ1n) is 12.2. The summed E-state index contributed by atoms with van der Waals surface area (Å²) in [4.78, 5) is 29.0. The summed E-state index contributed by atoms with van der Waals surface area (Å²) in [5.74, 6) is 0.569. The molecule has 8 heteroatoms. The highest BCUT2D eigenvalue weighted by Gasteiger charge is 2.18. The maximum Gasteiger partial charge on any atom is 0.336 e. The molecule has 35 heavy (non-hydrogen) atoms. The Hall–Kier alpha value is -2.32. The van der Waals surface area contributed by atoms with Crippen LogP contribution < -0.4 is 5.32 Å². The largest absolute Gasteiger partial charge is 0.478 e. The van der Waals surface area contributed by atoms with E-state index < -0.39 is 5.97 Å². The zero-order valence-corrected chi connectivity index (χ0v) is 23.1. The van der Waals surface area contributed by atoms with Gasteiger partial charge in [0.25, 0.3) is 0 Å². The van der Waals surface area contributed by atoms with Crippen LogP contribution in [0, 0.1) is 12.8 Å². The van der Waals surface area contributed by atoms with Gasteiger partial charge in [-0.05, 0) is 70.6 Å². The van der Waals surface area contributed by atoms with Gasteiger partial charge in [-0.3, -0.25) is 4.79 Å². The minimum absolute atomic E-state index is 0.0507. The lowest BCUT2D eigenvalue weighted by Crippen LogP contribution is -2.31. The molecule has 1 unspecified atom stereocenters. The van der Waals surface area contributed by atoms with Gasteiger partial charge in [-0.15, -0.1) is 0 Å². The Labute approximate surface area is 221 Å². The van der Waals surface area contributed by atoms with Crippen LogP contribution in [0.25, 0.3) is 11.0 Å². The van der Waals surface area contributed by atoms with Crippen molar-refractivity contribution in [1.82, 2.24) is 14.9 Å². The third kappa shape index (κ3) is 6.67. The standard InChI is InChI=1S/C27H34BrN3O3S/c1-4-6-8-20(16-35)26(32)29-14-19-11-17(3)25-23(13-19)31(24(30-25)7-5-2)15-18-9-10-21(27(33)34)22(28)12-18/h9-13,20,35H,4-8,14-16H2,1-3H3,(H,29,32)(H,33,34). The van der Waals surface area contributed by atoms with Crippen molar-refractivity contribution in [3.8, 4) is 0 Å². The second-order valence-corrected chi connectivity index (χ2v) is 10.2. The lowest BCUT2D eigenvalue weighted by Gasteiger charge is -2.15. The molecule has 0 aliphatic carbocycles. The summed E-state index contributed by atoms with van der Waals surface area (Å²) in [5, 5.41) is 12.4. The summed E-state index contributed by atoms with van der Waals surface area (Å²) in [7, 11) is 0. The average molecular weight is 561 g/mol. The highest BCUT2D eigenvalue weighted by Crippen LogP contribution is 2.26. The molecule has 1 heterocycles. The summed E-state index contributed by atoms with van der Waals surface area (Å²) in [6, 6.07) is 9.53.